The van der Waals surface area contributed by atoms with Gasteiger partial charge in [-0.05, 0) is 67.3 Å². The molecule has 8 nitrogen and oxygen atoms in total. The highest BCUT2D eigenvalue weighted by atomic mass is 32.2. The van der Waals surface area contributed by atoms with Crippen LogP contribution in [-0.2, 0) is 23.2 Å². The molecule has 0 saturated heterocycles. The highest BCUT2D eigenvalue weighted by Crippen LogP contribution is 2.28. The van der Waals surface area contributed by atoms with Crippen molar-refractivity contribution in [2.45, 2.75) is 26.3 Å². The summed E-state index contributed by atoms with van der Waals surface area (Å²) in [5.74, 6) is 0.512. The number of methoxy groups -OCH3 is 1. The second-order valence-corrected chi connectivity index (χ2v) is 10.8. The lowest BCUT2D eigenvalue weighted by Crippen LogP contribution is -2.40. The maximum atomic E-state index is 14.5. The van der Waals surface area contributed by atoms with Crippen LogP contribution in [0.2, 0.25) is 0 Å². The summed E-state index contributed by atoms with van der Waals surface area (Å²) in [5, 5.41) is 2.90. The lowest BCUT2D eigenvalue weighted by Gasteiger charge is -2.27. The monoisotopic (exact) mass is 543 g/mol. The van der Waals surface area contributed by atoms with Gasteiger partial charge < -0.3 is 14.8 Å². The zero-order valence-corrected chi connectivity index (χ0v) is 22.9. The van der Waals surface area contributed by atoms with Gasteiger partial charge in [0, 0.05) is 26.2 Å². The standard InChI is InChI=1S/C28H34FN3O5S/c1-5-37-26-17-14-21(19-27(26)36-4)9-8-18-30-28(33)23-15-12-22(13-16-23)20-32(38(34,35)31(2)3)25-11-7-6-10-24(25)29/h6-7,10-17,19H,5,8-9,18,20H2,1-4H3,(H,30,33). The van der Waals surface area contributed by atoms with E-state index in [1.165, 1.54) is 32.3 Å². The molecule has 0 aliphatic rings. The van der Waals surface area contributed by atoms with Gasteiger partial charge in [0.2, 0.25) is 0 Å². The first-order valence-corrected chi connectivity index (χ1v) is 13.7. The zero-order valence-electron chi connectivity index (χ0n) is 22.1. The van der Waals surface area contributed by atoms with E-state index in [0.717, 1.165) is 27.0 Å². The third kappa shape index (κ3) is 7.23. The minimum atomic E-state index is -3.95. The van der Waals surface area contributed by atoms with E-state index in [1.54, 1.807) is 37.4 Å². The van der Waals surface area contributed by atoms with Crippen molar-refractivity contribution in [3.8, 4) is 11.5 Å². The van der Waals surface area contributed by atoms with Gasteiger partial charge in [0.25, 0.3) is 5.91 Å². The number of carbonyl (C=O) groups is 1. The molecule has 0 bridgehead atoms. The van der Waals surface area contributed by atoms with E-state index in [2.05, 4.69) is 5.32 Å². The van der Waals surface area contributed by atoms with E-state index in [4.69, 9.17) is 9.47 Å². The van der Waals surface area contributed by atoms with Crippen LogP contribution in [0.3, 0.4) is 0 Å². The van der Waals surface area contributed by atoms with E-state index in [1.807, 2.05) is 25.1 Å². The molecule has 0 aliphatic heterocycles. The molecule has 0 atom stereocenters. The van der Waals surface area contributed by atoms with Gasteiger partial charge in [0.15, 0.2) is 11.5 Å². The normalized spacial score (nSPS) is 11.3. The molecule has 0 saturated carbocycles. The van der Waals surface area contributed by atoms with Crippen molar-refractivity contribution in [1.82, 2.24) is 9.62 Å². The number of halogens is 1. The number of carbonyl (C=O) groups excluding carboxylic acids is 1. The highest BCUT2D eigenvalue weighted by Gasteiger charge is 2.27. The molecule has 0 unspecified atom stereocenters. The summed E-state index contributed by atoms with van der Waals surface area (Å²) in [4.78, 5) is 12.6. The molecule has 0 aliphatic carbocycles. The smallest absolute Gasteiger partial charge is 0.303 e. The Bertz CT molecular complexity index is 1330. The van der Waals surface area contributed by atoms with Crippen molar-refractivity contribution in [3.05, 3.63) is 89.2 Å². The van der Waals surface area contributed by atoms with Gasteiger partial charge in [-0.2, -0.15) is 12.7 Å². The molecule has 0 heterocycles. The summed E-state index contributed by atoms with van der Waals surface area (Å²) in [6, 6.07) is 18.1. The minimum Gasteiger partial charge on any atom is -0.493 e. The van der Waals surface area contributed by atoms with Crippen LogP contribution in [-0.4, -0.2) is 53.0 Å². The van der Waals surface area contributed by atoms with E-state index < -0.39 is 16.0 Å². The van der Waals surface area contributed by atoms with Crippen molar-refractivity contribution in [3.63, 3.8) is 0 Å². The summed E-state index contributed by atoms with van der Waals surface area (Å²) in [6.45, 7) is 2.87. The summed E-state index contributed by atoms with van der Waals surface area (Å²) >= 11 is 0. The van der Waals surface area contributed by atoms with Crippen molar-refractivity contribution < 1.29 is 27.1 Å². The first-order chi connectivity index (χ1) is 18.2. The topological polar surface area (TPSA) is 88.2 Å². The average Bonchev–Trinajstić information content (AvgIpc) is 2.91. The number of amides is 1. The Hall–Kier alpha value is -3.63. The van der Waals surface area contributed by atoms with Crippen molar-refractivity contribution in [2.24, 2.45) is 0 Å². The first kappa shape index (κ1) is 28.9. The summed E-state index contributed by atoms with van der Waals surface area (Å²) in [5.41, 5.74) is 2.09. The Morgan fingerprint density at radius 1 is 0.974 bits per heavy atom. The van der Waals surface area contributed by atoms with Crippen LogP contribution in [0.15, 0.2) is 66.7 Å². The largest absolute Gasteiger partial charge is 0.493 e. The summed E-state index contributed by atoms with van der Waals surface area (Å²) in [6.07, 6.45) is 1.50. The van der Waals surface area contributed by atoms with E-state index >= 15 is 0 Å². The Balaban J connectivity index is 1.60. The Morgan fingerprint density at radius 3 is 2.29 bits per heavy atom. The lowest BCUT2D eigenvalue weighted by molar-refractivity contribution is 0.0953. The number of benzene rings is 3. The van der Waals surface area contributed by atoms with Crippen LogP contribution in [0.25, 0.3) is 0 Å². The fourth-order valence-electron chi connectivity index (χ4n) is 3.81. The van der Waals surface area contributed by atoms with Gasteiger partial charge in [0.1, 0.15) is 5.82 Å². The maximum absolute atomic E-state index is 14.5. The molecule has 3 rings (SSSR count). The maximum Gasteiger partial charge on any atom is 0.303 e. The van der Waals surface area contributed by atoms with Crippen LogP contribution in [0.5, 0.6) is 11.5 Å². The predicted octanol–water partition coefficient (Wildman–Crippen LogP) is 4.41. The zero-order chi connectivity index (χ0) is 27.7. The van der Waals surface area contributed by atoms with Gasteiger partial charge >= 0.3 is 10.2 Å². The van der Waals surface area contributed by atoms with Crippen LogP contribution in [0.1, 0.15) is 34.8 Å². The lowest BCUT2D eigenvalue weighted by atomic mass is 10.1. The summed E-state index contributed by atoms with van der Waals surface area (Å²) < 4.78 is 53.2. The number of hydrogen-bond acceptors (Lipinski definition) is 5. The molecular weight excluding hydrogens is 509 g/mol. The number of nitrogens with one attached hydrogen (secondary N) is 1. The molecular formula is C28H34FN3O5S. The van der Waals surface area contributed by atoms with Crippen LogP contribution < -0.4 is 19.1 Å². The van der Waals surface area contributed by atoms with Gasteiger partial charge in [0.05, 0.1) is 25.9 Å². The third-order valence-electron chi connectivity index (χ3n) is 5.86. The second-order valence-electron chi connectivity index (χ2n) is 8.72. The van der Waals surface area contributed by atoms with Crippen LogP contribution in [0.4, 0.5) is 10.1 Å². The number of rotatable bonds is 13. The quantitative estimate of drug-likeness (QED) is 0.323. The average molecular weight is 544 g/mol. The Labute approximate surface area is 224 Å². The van der Waals surface area contributed by atoms with Crippen LogP contribution >= 0.6 is 0 Å². The molecule has 0 aromatic heterocycles. The number of anilines is 1. The van der Waals surface area contributed by atoms with E-state index in [9.17, 15) is 17.6 Å². The van der Waals surface area contributed by atoms with E-state index in [0.29, 0.717) is 35.8 Å². The predicted molar refractivity (Wildman–Crippen MR) is 146 cm³/mol. The van der Waals surface area contributed by atoms with Crippen molar-refractivity contribution in [2.75, 3.05) is 38.7 Å². The van der Waals surface area contributed by atoms with Crippen molar-refractivity contribution >= 4 is 21.8 Å². The molecule has 1 N–H and O–H groups in total. The Kier molecular flexibility index (Phi) is 10.1. The molecule has 3 aromatic rings. The SMILES string of the molecule is CCOc1ccc(CCCNC(=O)c2ccc(CN(c3ccccc3F)S(=O)(=O)N(C)C)cc2)cc1OC. The molecule has 10 heteroatoms. The molecule has 1 amide bonds. The van der Waals surface area contributed by atoms with Gasteiger partial charge in [-0.25, -0.2) is 4.39 Å². The number of nitrogens with zero attached hydrogens (tertiary/aromatic N) is 2. The fourth-order valence-corrected chi connectivity index (χ4v) is 4.91. The molecule has 0 fully saturated rings. The number of hydrogen-bond donors (Lipinski definition) is 1. The van der Waals surface area contributed by atoms with E-state index in [-0.39, 0.29) is 18.1 Å². The van der Waals surface area contributed by atoms with Gasteiger partial charge in [-0.3, -0.25) is 9.10 Å². The number of para-hydroxylation sites is 1. The van der Waals surface area contributed by atoms with Gasteiger partial charge in [-0.1, -0.05) is 30.3 Å². The number of aryl methyl sites for hydroxylation is 1. The number of ether oxygens (including phenoxy) is 2. The van der Waals surface area contributed by atoms with Crippen molar-refractivity contribution in [1.29, 1.82) is 0 Å². The molecule has 0 radical (unpaired) electrons. The molecule has 3 aromatic carbocycles. The van der Waals surface area contributed by atoms with Crippen LogP contribution in [0, 0.1) is 5.82 Å². The molecule has 38 heavy (non-hydrogen) atoms. The third-order valence-corrected chi connectivity index (χ3v) is 7.66. The second kappa shape index (κ2) is 13.3. The Morgan fingerprint density at radius 2 is 1.66 bits per heavy atom. The minimum absolute atomic E-state index is 0.0480. The summed E-state index contributed by atoms with van der Waals surface area (Å²) in [7, 11) is 0.432. The highest BCUT2D eigenvalue weighted by molar-refractivity contribution is 7.90. The van der Waals surface area contributed by atoms with Gasteiger partial charge in [-0.15, -0.1) is 0 Å². The molecule has 204 valence electrons. The fraction of sp³-hybridized carbons (Fsp3) is 0.321. The first-order valence-electron chi connectivity index (χ1n) is 12.3. The molecule has 0 spiro atoms.